The van der Waals surface area contributed by atoms with Crippen molar-refractivity contribution in [3.63, 3.8) is 0 Å². The van der Waals surface area contributed by atoms with E-state index in [1.165, 1.54) is 18.4 Å². The van der Waals surface area contributed by atoms with Crippen LogP contribution in [0.1, 0.15) is 24.0 Å². The Morgan fingerprint density at radius 2 is 2.18 bits per heavy atom. The maximum Gasteiger partial charge on any atom is 0.122 e. The van der Waals surface area contributed by atoms with E-state index in [1.54, 1.807) is 0 Å². The number of nitrogens with one attached hydrogen (secondary N) is 1. The van der Waals surface area contributed by atoms with Crippen molar-refractivity contribution in [1.29, 1.82) is 0 Å². The monoisotopic (exact) mass is 235 g/mol. The highest BCUT2D eigenvalue weighted by Crippen LogP contribution is 2.21. The quantitative estimate of drug-likeness (QED) is 0.790. The van der Waals surface area contributed by atoms with Crippen LogP contribution in [0.25, 0.3) is 0 Å². The van der Waals surface area contributed by atoms with Crippen LogP contribution < -0.4 is 10.1 Å². The summed E-state index contributed by atoms with van der Waals surface area (Å²) in [6.45, 7) is 4.77. The molecule has 17 heavy (non-hydrogen) atoms. The highest BCUT2D eigenvalue weighted by molar-refractivity contribution is 5.35. The van der Waals surface area contributed by atoms with E-state index in [0.717, 1.165) is 11.3 Å². The standard InChI is InChI=1S/C14H21NO2/c1-10-3-6-14(11(2)7-10)17-9-13(8-16)15-12-4-5-12/h3,6-7,12-13,15-16H,4-5,8-9H2,1-2H3. The lowest BCUT2D eigenvalue weighted by molar-refractivity contribution is 0.181. The summed E-state index contributed by atoms with van der Waals surface area (Å²) in [7, 11) is 0. The van der Waals surface area contributed by atoms with E-state index >= 15 is 0 Å². The van der Waals surface area contributed by atoms with Crippen LogP contribution >= 0.6 is 0 Å². The summed E-state index contributed by atoms with van der Waals surface area (Å²) < 4.78 is 5.75. The summed E-state index contributed by atoms with van der Waals surface area (Å²) in [6.07, 6.45) is 2.44. The van der Waals surface area contributed by atoms with Crippen molar-refractivity contribution in [2.75, 3.05) is 13.2 Å². The van der Waals surface area contributed by atoms with Crippen LogP contribution in [-0.4, -0.2) is 30.4 Å². The van der Waals surface area contributed by atoms with Crippen molar-refractivity contribution < 1.29 is 9.84 Å². The summed E-state index contributed by atoms with van der Waals surface area (Å²) in [4.78, 5) is 0. The zero-order chi connectivity index (χ0) is 12.3. The van der Waals surface area contributed by atoms with E-state index in [-0.39, 0.29) is 12.6 Å². The molecule has 1 aliphatic rings. The molecule has 0 amide bonds. The minimum absolute atomic E-state index is 0.0446. The predicted molar refractivity (Wildman–Crippen MR) is 68.4 cm³/mol. The summed E-state index contributed by atoms with van der Waals surface area (Å²) in [5.41, 5.74) is 2.39. The molecule has 1 atom stereocenters. The Morgan fingerprint density at radius 1 is 1.41 bits per heavy atom. The second-order valence-electron chi connectivity index (χ2n) is 4.90. The average Bonchev–Trinajstić information content (AvgIpc) is 3.10. The minimum Gasteiger partial charge on any atom is -0.492 e. The fourth-order valence-electron chi connectivity index (χ4n) is 1.89. The van der Waals surface area contributed by atoms with Crippen LogP contribution in [0.2, 0.25) is 0 Å². The number of aliphatic hydroxyl groups excluding tert-OH is 1. The van der Waals surface area contributed by atoms with Crippen molar-refractivity contribution >= 4 is 0 Å². The fraction of sp³-hybridized carbons (Fsp3) is 0.571. The molecule has 0 bridgehead atoms. The Labute approximate surface area is 103 Å². The van der Waals surface area contributed by atoms with Gasteiger partial charge in [0.2, 0.25) is 0 Å². The third-order valence-corrected chi connectivity index (χ3v) is 3.04. The van der Waals surface area contributed by atoms with Crippen LogP contribution in [0.15, 0.2) is 18.2 Å². The van der Waals surface area contributed by atoms with Gasteiger partial charge >= 0.3 is 0 Å². The first-order valence-corrected chi connectivity index (χ1v) is 6.26. The molecule has 3 nitrogen and oxygen atoms in total. The number of rotatable bonds is 6. The summed E-state index contributed by atoms with van der Waals surface area (Å²) in [5.74, 6) is 0.909. The largest absolute Gasteiger partial charge is 0.492 e. The van der Waals surface area contributed by atoms with Crippen LogP contribution in [-0.2, 0) is 0 Å². The molecule has 0 radical (unpaired) electrons. The highest BCUT2D eigenvalue weighted by atomic mass is 16.5. The molecule has 1 aliphatic carbocycles. The molecule has 0 spiro atoms. The molecule has 3 heteroatoms. The summed E-state index contributed by atoms with van der Waals surface area (Å²) in [6, 6.07) is 6.79. The molecule has 1 fully saturated rings. The summed E-state index contributed by atoms with van der Waals surface area (Å²) in [5, 5.41) is 12.6. The van der Waals surface area contributed by atoms with Gasteiger partial charge in [-0.05, 0) is 38.3 Å². The Morgan fingerprint density at radius 3 is 2.76 bits per heavy atom. The Kier molecular flexibility index (Phi) is 4.02. The van der Waals surface area contributed by atoms with Gasteiger partial charge in [0.1, 0.15) is 12.4 Å². The van der Waals surface area contributed by atoms with E-state index in [0.29, 0.717) is 12.6 Å². The first-order chi connectivity index (χ1) is 8.19. The fourth-order valence-corrected chi connectivity index (χ4v) is 1.89. The number of hydrogen-bond acceptors (Lipinski definition) is 3. The first-order valence-electron chi connectivity index (χ1n) is 6.26. The Balaban J connectivity index is 1.86. The van der Waals surface area contributed by atoms with Crippen LogP contribution in [0.4, 0.5) is 0 Å². The van der Waals surface area contributed by atoms with Gasteiger partial charge in [-0.1, -0.05) is 17.7 Å². The maximum absolute atomic E-state index is 9.25. The average molecular weight is 235 g/mol. The van der Waals surface area contributed by atoms with E-state index in [1.807, 2.05) is 19.1 Å². The molecule has 2 N–H and O–H groups in total. The first kappa shape index (κ1) is 12.4. The molecule has 1 saturated carbocycles. The molecule has 2 rings (SSSR count). The topological polar surface area (TPSA) is 41.5 Å². The van der Waals surface area contributed by atoms with Crippen LogP contribution in [0, 0.1) is 13.8 Å². The Hall–Kier alpha value is -1.06. The van der Waals surface area contributed by atoms with Gasteiger partial charge in [0, 0.05) is 6.04 Å². The van der Waals surface area contributed by atoms with Gasteiger partial charge in [0.05, 0.1) is 12.6 Å². The van der Waals surface area contributed by atoms with Gasteiger partial charge in [-0.2, -0.15) is 0 Å². The Bertz CT molecular complexity index is 374. The molecule has 1 aromatic rings. The van der Waals surface area contributed by atoms with Gasteiger partial charge in [0.25, 0.3) is 0 Å². The predicted octanol–water partition coefficient (Wildman–Crippen LogP) is 1.80. The number of benzene rings is 1. The van der Waals surface area contributed by atoms with Crippen molar-refractivity contribution in [3.8, 4) is 5.75 Å². The van der Waals surface area contributed by atoms with Crippen molar-refractivity contribution in [2.45, 2.75) is 38.8 Å². The third kappa shape index (κ3) is 3.72. The van der Waals surface area contributed by atoms with Crippen LogP contribution in [0.3, 0.4) is 0 Å². The van der Waals surface area contributed by atoms with Crippen molar-refractivity contribution in [3.05, 3.63) is 29.3 Å². The zero-order valence-corrected chi connectivity index (χ0v) is 10.6. The van der Waals surface area contributed by atoms with Gasteiger partial charge in [-0.25, -0.2) is 0 Å². The number of aryl methyl sites for hydroxylation is 2. The smallest absolute Gasteiger partial charge is 0.122 e. The molecule has 0 heterocycles. The minimum atomic E-state index is 0.0446. The lowest BCUT2D eigenvalue weighted by Crippen LogP contribution is -2.39. The molecule has 1 unspecified atom stereocenters. The molecule has 0 saturated heterocycles. The summed E-state index contributed by atoms with van der Waals surface area (Å²) >= 11 is 0. The normalized spacial score (nSPS) is 16.9. The third-order valence-electron chi connectivity index (χ3n) is 3.04. The molecule has 94 valence electrons. The molecule has 0 aliphatic heterocycles. The lowest BCUT2D eigenvalue weighted by Gasteiger charge is -2.17. The van der Waals surface area contributed by atoms with E-state index in [2.05, 4.69) is 18.3 Å². The SMILES string of the molecule is Cc1ccc(OCC(CO)NC2CC2)c(C)c1. The maximum atomic E-state index is 9.25. The number of hydrogen-bond donors (Lipinski definition) is 2. The second-order valence-corrected chi connectivity index (χ2v) is 4.90. The van der Waals surface area contributed by atoms with Gasteiger partial charge in [0.15, 0.2) is 0 Å². The van der Waals surface area contributed by atoms with E-state index in [9.17, 15) is 5.11 Å². The lowest BCUT2D eigenvalue weighted by atomic mass is 10.1. The van der Waals surface area contributed by atoms with Crippen molar-refractivity contribution in [2.24, 2.45) is 0 Å². The van der Waals surface area contributed by atoms with E-state index in [4.69, 9.17) is 4.74 Å². The van der Waals surface area contributed by atoms with Gasteiger partial charge < -0.3 is 15.2 Å². The highest BCUT2D eigenvalue weighted by Gasteiger charge is 2.24. The van der Waals surface area contributed by atoms with Crippen LogP contribution in [0.5, 0.6) is 5.75 Å². The number of aliphatic hydroxyl groups is 1. The van der Waals surface area contributed by atoms with Crippen molar-refractivity contribution in [1.82, 2.24) is 5.32 Å². The molecular weight excluding hydrogens is 214 g/mol. The molecule has 1 aromatic carbocycles. The van der Waals surface area contributed by atoms with Gasteiger partial charge in [-0.15, -0.1) is 0 Å². The van der Waals surface area contributed by atoms with E-state index < -0.39 is 0 Å². The second kappa shape index (κ2) is 5.52. The number of ether oxygens (including phenoxy) is 1. The molecule has 0 aromatic heterocycles. The zero-order valence-electron chi connectivity index (χ0n) is 10.6. The van der Waals surface area contributed by atoms with Gasteiger partial charge in [-0.3, -0.25) is 0 Å². The molecular formula is C14H21NO2.